The second-order valence-electron chi connectivity index (χ2n) is 5.34. The maximum Gasteiger partial charge on any atom is 0.277 e. The molecule has 1 amide bonds. The number of hydrogen-bond acceptors (Lipinski definition) is 4. The quantitative estimate of drug-likeness (QED) is 0.876. The number of H-pyrrole nitrogens is 1. The summed E-state index contributed by atoms with van der Waals surface area (Å²) in [6, 6.07) is 4.15. The maximum absolute atomic E-state index is 12.7. The monoisotopic (exact) mass is 285 g/mol. The van der Waals surface area contributed by atoms with Gasteiger partial charge in [0.2, 0.25) is 0 Å². The number of nitrogens with one attached hydrogen (secondary N) is 1. The predicted molar refractivity (Wildman–Crippen MR) is 79.5 cm³/mol. The first-order valence-corrected chi connectivity index (χ1v) is 7.23. The van der Waals surface area contributed by atoms with E-state index in [9.17, 15) is 4.79 Å². The number of carbonyl (C=O) groups excluding carboxylic acids is 1. The van der Waals surface area contributed by atoms with Crippen molar-refractivity contribution in [2.75, 3.05) is 5.73 Å². The summed E-state index contributed by atoms with van der Waals surface area (Å²) in [5.74, 6) is -0.0947. The zero-order valence-corrected chi connectivity index (χ0v) is 12.0. The van der Waals surface area contributed by atoms with Crippen LogP contribution in [0.3, 0.4) is 0 Å². The van der Waals surface area contributed by atoms with E-state index < -0.39 is 0 Å². The Kier molecular flexibility index (Phi) is 3.60. The lowest BCUT2D eigenvalue weighted by Crippen LogP contribution is -2.33. The molecule has 0 spiro atoms. The van der Waals surface area contributed by atoms with Crippen molar-refractivity contribution in [2.45, 2.75) is 38.8 Å². The summed E-state index contributed by atoms with van der Waals surface area (Å²) in [5.41, 5.74) is 8.71. The first-order chi connectivity index (χ1) is 10.2. The predicted octanol–water partition coefficient (Wildman–Crippen LogP) is 1.75. The Morgan fingerprint density at radius 1 is 1.43 bits per heavy atom. The van der Waals surface area contributed by atoms with E-state index in [1.165, 1.54) is 0 Å². The summed E-state index contributed by atoms with van der Waals surface area (Å²) in [6.45, 7) is 2.55. The van der Waals surface area contributed by atoms with E-state index in [0.717, 1.165) is 30.5 Å². The molecule has 21 heavy (non-hydrogen) atoms. The van der Waals surface area contributed by atoms with Gasteiger partial charge in [-0.05, 0) is 37.0 Å². The van der Waals surface area contributed by atoms with Gasteiger partial charge < -0.3 is 10.6 Å². The van der Waals surface area contributed by atoms with E-state index in [4.69, 9.17) is 5.73 Å². The molecule has 0 bridgehead atoms. The summed E-state index contributed by atoms with van der Waals surface area (Å²) < 4.78 is 0. The van der Waals surface area contributed by atoms with Crippen molar-refractivity contribution in [2.24, 2.45) is 0 Å². The zero-order valence-electron chi connectivity index (χ0n) is 12.0. The Morgan fingerprint density at radius 2 is 2.14 bits per heavy atom. The lowest BCUT2D eigenvalue weighted by Gasteiger charge is -2.21. The molecule has 1 aliphatic carbocycles. The number of nitrogen functional groups attached to an aromatic ring is 1. The molecule has 0 saturated heterocycles. The normalized spacial score (nSPS) is 14.1. The summed E-state index contributed by atoms with van der Waals surface area (Å²) in [6.07, 6.45) is 6.30. The highest BCUT2D eigenvalue weighted by atomic mass is 16.2. The Bertz CT molecular complexity index is 633. The van der Waals surface area contributed by atoms with E-state index in [1.807, 2.05) is 24.0 Å². The van der Waals surface area contributed by atoms with E-state index in [0.29, 0.717) is 24.0 Å². The number of amides is 1. The second-order valence-corrected chi connectivity index (χ2v) is 5.34. The van der Waals surface area contributed by atoms with Gasteiger partial charge >= 0.3 is 0 Å². The Balaban J connectivity index is 1.83. The number of rotatable bonds is 5. The first kappa shape index (κ1) is 13.6. The van der Waals surface area contributed by atoms with Gasteiger partial charge in [0.25, 0.3) is 5.91 Å². The highest BCUT2D eigenvalue weighted by Gasteiger charge is 2.35. The van der Waals surface area contributed by atoms with Gasteiger partial charge in [0.05, 0.1) is 11.4 Å². The number of anilines is 1. The van der Waals surface area contributed by atoms with Crippen molar-refractivity contribution in [1.82, 2.24) is 20.1 Å². The molecular formula is C15H19N5O. The van der Waals surface area contributed by atoms with Gasteiger partial charge in [-0.2, -0.15) is 5.10 Å². The minimum atomic E-state index is -0.0947. The SMILES string of the molecule is CCc1[nH]nc(C(=O)N(Cc2ccncc2)C2CC2)c1N. The minimum Gasteiger partial charge on any atom is -0.395 e. The molecule has 3 rings (SSSR count). The largest absolute Gasteiger partial charge is 0.395 e. The van der Waals surface area contributed by atoms with Crippen molar-refractivity contribution < 1.29 is 4.79 Å². The molecule has 0 unspecified atom stereocenters. The lowest BCUT2D eigenvalue weighted by molar-refractivity contribution is 0.0725. The molecule has 2 heterocycles. The molecule has 1 saturated carbocycles. The smallest absolute Gasteiger partial charge is 0.277 e. The highest BCUT2D eigenvalue weighted by molar-refractivity contribution is 5.98. The zero-order chi connectivity index (χ0) is 14.8. The topological polar surface area (TPSA) is 87.9 Å². The van der Waals surface area contributed by atoms with Crippen LogP contribution >= 0.6 is 0 Å². The third-order valence-electron chi connectivity index (χ3n) is 3.79. The van der Waals surface area contributed by atoms with Crippen molar-refractivity contribution in [3.8, 4) is 0 Å². The van der Waals surface area contributed by atoms with Crippen LogP contribution in [-0.4, -0.2) is 32.0 Å². The number of carbonyl (C=O) groups is 1. The lowest BCUT2D eigenvalue weighted by atomic mass is 10.2. The molecule has 1 aliphatic rings. The van der Waals surface area contributed by atoms with Crippen LogP contribution in [0.1, 0.15) is 41.5 Å². The maximum atomic E-state index is 12.7. The Morgan fingerprint density at radius 3 is 2.71 bits per heavy atom. The van der Waals surface area contributed by atoms with Crippen LogP contribution in [0.25, 0.3) is 0 Å². The van der Waals surface area contributed by atoms with Gasteiger partial charge in [0, 0.05) is 25.0 Å². The number of aromatic amines is 1. The van der Waals surface area contributed by atoms with Crippen LogP contribution in [0.4, 0.5) is 5.69 Å². The van der Waals surface area contributed by atoms with Gasteiger partial charge in [0.1, 0.15) is 0 Å². The number of nitrogens with two attached hydrogens (primary N) is 1. The summed E-state index contributed by atoms with van der Waals surface area (Å²) in [4.78, 5) is 18.6. The fraction of sp³-hybridized carbons (Fsp3) is 0.400. The average molecular weight is 285 g/mol. The van der Waals surface area contributed by atoms with Crippen molar-refractivity contribution in [3.63, 3.8) is 0 Å². The third kappa shape index (κ3) is 2.74. The Hall–Kier alpha value is -2.37. The van der Waals surface area contributed by atoms with Crippen molar-refractivity contribution in [1.29, 1.82) is 0 Å². The van der Waals surface area contributed by atoms with Gasteiger partial charge in [-0.1, -0.05) is 6.92 Å². The molecule has 2 aromatic heterocycles. The number of aryl methyl sites for hydroxylation is 1. The molecule has 3 N–H and O–H groups in total. The van der Waals surface area contributed by atoms with Crippen LogP contribution in [-0.2, 0) is 13.0 Å². The third-order valence-corrected chi connectivity index (χ3v) is 3.79. The van der Waals surface area contributed by atoms with Crippen LogP contribution in [0.5, 0.6) is 0 Å². The van der Waals surface area contributed by atoms with Gasteiger partial charge in [-0.15, -0.1) is 0 Å². The molecule has 0 aliphatic heterocycles. The summed E-state index contributed by atoms with van der Waals surface area (Å²) in [5, 5.41) is 6.96. The molecule has 110 valence electrons. The molecule has 1 fully saturated rings. The molecule has 0 atom stereocenters. The first-order valence-electron chi connectivity index (χ1n) is 7.23. The van der Waals surface area contributed by atoms with Crippen LogP contribution < -0.4 is 5.73 Å². The minimum absolute atomic E-state index is 0.0947. The number of hydrogen-bond donors (Lipinski definition) is 2. The summed E-state index contributed by atoms with van der Waals surface area (Å²) >= 11 is 0. The molecule has 6 heteroatoms. The number of nitrogens with zero attached hydrogens (tertiary/aromatic N) is 3. The van der Waals surface area contributed by atoms with Crippen LogP contribution in [0.15, 0.2) is 24.5 Å². The molecular weight excluding hydrogens is 266 g/mol. The van der Waals surface area contributed by atoms with E-state index in [-0.39, 0.29) is 5.91 Å². The highest BCUT2D eigenvalue weighted by Crippen LogP contribution is 2.30. The standard InChI is InChI=1S/C15H19N5O/c1-2-12-13(16)14(19-18-12)15(21)20(11-3-4-11)9-10-5-7-17-8-6-10/h5-8,11H,2-4,9,16H2,1H3,(H,18,19). The Labute approximate surface area is 123 Å². The van der Waals surface area contributed by atoms with Gasteiger partial charge in [-0.25, -0.2) is 0 Å². The van der Waals surface area contributed by atoms with E-state index >= 15 is 0 Å². The van der Waals surface area contributed by atoms with E-state index in [2.05, 4.69) is 15.2 Å². The van der Waals surface area contributed by atoms with Crippen LogP contribution in [0.2, 0.25) is 0 Å². The number of aromatic nitrogens is 3. The van der Waals surface area contributed by atoms with Gasteiger partial charge in [0.15, 0.2) is 5.69 Å². The number of pyridine rings is 1. The van der Waals surface area contributed by atoms with E-state index in [1.54, 1.807) is 12.4 Å². The van der Waals surface area contributed by atoms with Crippen LogP contribution in [0, 0.1) is 0 Å². The molecule has 2 aromatic rings. The fourth-order valence-corrected chi connectivity index (χ4v) is 2.39. The molecule has 0 aromatic carbocycles. The second kappa shape index (κ2) is 5.55. The average Bonchev–Trinajstić information content (AvgIpc) is 3.28. The van der Waals surface area contributed by atoms with Gasteiger partial charge in [-0.3, -0.25) is 14.9 Å². The summed E-state index contributed by atoms with van der Waals surface area (Å²) in [7, 11) is 0. The fourth-order valence-electron chi connectivity index (χ4n) is 2.39. The molecule has 6 nitrogen and oxygen atoms in total. The molecule has 0 radical (unpaired) electrons. The van der Waals surface area contributed by atoms with Crippen molar-refractivity contribution in [3.05, 3.63) is 41.5 Å². The van der Waals surface area contributed by atoms with Crippen molar-refractivity contribution >= 4 is 11.6 Å².